The lowest BCUT2D eigenvalue weighted by Crippen LogP contribution is -2.49. The van der Waals surface area contributed by atoms with Crippen LogP contribution < -0.4 is 26.1 Å². The smallest absolute Gasteiger partial charge is 0.256 e. The van der Waals surface area contributed by atoms with Gasteiger partial charge < -0.3 is 20.5 Å². The predicted octanol–water partition coefficient (Wildman–Crippen LogP) is 2.93. The number of nitrogens with zero attached hydrogens (tertiary/aromatic N) is 4. The van der Waals surface area contributed by atoms with Crippen molar-refractivity contribution < 1.29 is 14.3 Å². The maximum absolute atomic E-state index is 13.7. The molecule has 0 aliphatic carbocycles. The molecule has 0 saturated carbocycles. The Morgan fingerprint density at radius 1 is 1.23 bits per heavy atom. The van der Waals surface area contributed by atoms with Crippen molar-refractivity contribution in [3.05, 3.63) is 57.5 Å². The quantitative estimate of drug-likeness (QED) is 0.526. The molecule has 5 rings (SSSR count). The number of halogens is 1. The zero-order chi connectivity index (χ0) is 24.6. The number of aromatic nitrogens is 4. The molecular weight excluding hydrogens is 472 g/mol. The van der Waals surface area contributed by atoms with Gasteiger partial charge in [0.05, 0.1) is 33.2 Å². The number of hydrogen-bond acceptors (Lipinski definition) is 8. The number of nitrogen functional groups attached to an aromatic ring is 1. The van der Waals surface area contributed by atoms with E-state index in [1.165, 1.54) is 18.5 Å². The minimum Gasteiger partial charge on any atom is -0.485 e. The topological polar surface area (TPSA) is 134 Å². The van der Waals surface area contributed by atoms with E-state index in [-0.39, 0.29) is 39.9 Å². The van der Waals surface area contributed by atoms with E-state index >= 15 is 0 Å². The monoisotopic (exact) mass is 496 g/mol. The van der Waals surface area contributed by atoms with Gasteiger partial charge in [-0.25, -0.2) is 15.0 Å². The van der Waals surface area contributed by atoms with Gasteiger partial charge in [-0.15, -0.1) is 0 Å². The Kier molecular flexibility index (Phi) is 6.06. The molecule has 0 fully saturated rings. The van der Waals surface area contributed by atoms with Crippen LogP contribution in [-0.4, -0.2) is 38.6 Å². The fourth-order valence-corrected chi connectivity index (χ4v) is 4.86. The molecule has 0 bridgehead atoms. The average Bonchev–Trinajstić information content (AvgIpc) is 3.07. The van der Waals surface area contributed by atoms with E-state index in [9.17, 15) is 9.59 Å². The van der Waals surface area contributed by atoms with Crippen molar-refractivity contribution in [3.63, 3.8) is 0 Å². The summed E-state index contributed by atoms with van der Waals surface area (Å²) in [5.74, 6) is 0.613. The van der Waals surface area contributed by atoms with Gasteiger partial charge in [-0.2, -0.15) is 0 Å². The van der Waals surface area contributed by atoms with Crippen LogP contribution in [0.3, 0.4) is 0 Å². The first-order valence-electron chi connectivity index (χ1n) is 11.5. The van der Waals surface area contributed by atoms with Crippen molar-refractivity contribution in [3.8, 4) is 22.9 Å². The van der Waals surface area contributed by atoms with Crippen LogP contribution in [0.1, 0.15) is 48.8 Å². The molecule has 3 aromatic rings. The lowest BCUT2D eigenvalue weighted by Gasteiger charge is -2.34. The Hall–Kier alpha value is -3.66. The van der Waals surface area contributed by atoms with Gasteiger partial charge in [0.25, 0.3) is 11.5 Å². The van der Waals surface area contributed by atoms with Gasteiger partial charge in [-0.3, -0.25) is 14.2 Å². The van der Waals surface area contributed by atoms with Gasteiger partial charge in [-0.05, 0) is 37.8 Å². The Labute approximate surface area is 206 Å². The van der Waals surface area contributed by atoms with E-state index in [0.717, 1.165) is 12.8 Å². The third kappa shape index (κ3) is 4.07. The summed E-state index contributed by atoms with van der Waals surface area (Å²) < 4.78 is 13.0. The van der Waals surface area contributed by atoms with E-state index < -0.39 is 11.4 Å². The molecule has 11 heteroatoms. The van der Waals surface area contributed by atoms with Crippen molar-refractivity contribution in [1.82, 2.24) is 24.8 Å². The van der Waals surface area contributed by atoms with Crippen LogP contribution in [-0.2, 0) is 12.1 Å². The number of rotatable bonds is 4. The normalized spacial score (nSPS) is 18.9. The first-order valence-corrected chi connectivity index (χ1v) is 11.9. The van der Waals surface area contributed by atoms with Gasteiger partial charge in [0.15, 0.2) is 11.5 Å². The molecule has 35 heavy (non-hydrogen) atoms. The van der Waals surface area contributed by atoms with E-state index in [1.807, 2.05) is 6.92 Å². The second-order valence-electron chi connectivity index (χ2n) is 8.57. The van der Waals surface area contributed by atoms with Crippen LogP contribution in [0.4, 0.5) is 5.69 Å². The van der Waals surface area contributed by atoms with E-state index in [0.29, 0.717) is 43.2 Å². The molecule has 0 saturated heterocycles. The predicted molar refractivity (Wildman–Crippen MR) is 130 cm³/mol. The van der Waals surface area contributed by atoms with Gasteiger partial charge in [0.1, 0.15) is 25.4 Å². The first-order chi connectivity index (χ1) is 16.9. The maximum Gasteiger partial charge on any atom is 0.256 e. The van der Waals surface area contributed by atoms with Gasteiger partial charge in [-0.1, -0.05) is 18.5 Å². The highest BCUT2D eigenvalue weighted by molar-refractivity contribution is 6.34. The van der Waals surface area contributed by atoms with E-state index in [4.69, 9.17) is 31.8 Å². The van der Waals surface area contributed by atoms with E-state index in [2.05, 4.69) is 15.3 Å². The minimum atomic E-state index is -0.897. The second-order valence-corrected chi connectivity index (χ2v) is 8.98. The highest BCUT2D eigenvalue weighted by Gasteiger charge is 2.39. The number of benzene rings is 1. The lowest BCUT2D eigenvalue weighted by molar-refractivity contribution is 0.0868. The molecule has 0 spiro atoms. The van der Waals surface area contributed by atoms with Crippen LogP contribution in [0, 0.1) is 0 Å². The van der Waals surface area contributed by atoms with Crippen LogP contribution in [0.2, 0.25) is 5.02 Å². The number of carbonyl (C=O) groups is 1. The Balaban J connectivity index is 1.61. The van der Waals surface area contributed by atoms with Crippen molar-refractivity contribution in [1.29, 1.82) is 0 Å². The minimum absolute atomic E-state index is 0.192. The molecule has 1 aromatic carbocycles. The zero-order valence-electron chi connectivity index (χ0n) is 19.2. The van der Waals surface area contributed by atoms with Crippen molar-refractivity contribution >= 4 is 23.2 Å². The van der Waals surface area contributed by atoms with Crippen molar-refractivity contribution in [2.45, 2.75) is 44.7 Å². The zero-order valence-corrected chi connectivity index (χ0v) is 20.0. The Morgan fingerprint density at radius 2 is 2.03 bits per heavy atom. The molecule has 10 nitrogen and oxygen atoms in total. The maximum atomic E-state index is 13.7. The average molecular weight is 497 g/mol. The van der Waals surface area contributed by atoms with Crippen LogP contribution in [0.15, 0.2) is 35.5 Å². The molecule has 0 radical (unpaired) electrons. The molecule has 2 aromatic heterocycles. The number of nitrogens with two attached hydrogens (primary N) is 1. The summed E-state index contributed by atoms with van der Waals surface area (Å²) in [6, 6.07) is 4.65. The standard InChI is InChI=1S/C24H25ClN6O4/c1-2-24(30-22(33)14-11-15(25)19(26)21-20(14)34-9-10-35-21)6-3-4-8-31-18(32)12-17(29-23(24)31)16-5-7-27-13-28-16/h5,7,11-13H,2-4,6,8-10,26H2,1H3,(H,30,33). The number of ether oxygens (including phenoxy) is 2. The first kappa shape index (κ1) is 23.1. The summed E-state index contributed by atoms with van der Waals surface area (Å²) in [5, 5.41) is 3.37. The second kappa shape index (κ2) is 9.18. The molecule has 2 aliphatic heterocycles. The molecule has 3 N–H and O–H groups in total. The molecular formula is C24H25ClN6O4. The largest absolute Gasteiger partial charge is 0.485 e. The molecule has 4 heterocycles. The SMILES string of the molecule is CCC1(NC(=O)c2cc(Cl)c(N)c3c2OCCO3)CCCCn2c1nc(-c1ccncn1)cc2=O. The summed E-state index contributed by atoms with van der Waals surface area (Å²) in [7, 11) is 0. The van der Waals surface area contributed by atoms with Crippen LogP contribution >= 0.6 is 11.6 Å². The number of nitrogens with one attached hydrogen (secondary N) is 1. The number of fused-ring (bicyclic) bond motifs is 2. The summed E-state index contributed by atoms with van der Waals surface area (Å²) in [6.07, 6.45) is 5.72. The molecule has 2 aliphatic rings. The highest BCUT2D eigenvalue weighted by atomic mass is 35.5. The van der Waals surface area contributed by atoms with Gasteiger partial charge in [0.2, 0.25) is 0 Å². The fourth-order valence-electron chi connectivity index (χ4n) is 4.66. The summed E-state index contributed by atoms with van der Waals surface area (Å²) in [6.45, 7) is 3.08. The number of hydrogen-bond donors (Lipinski definition) is 2. The fraction of sp³-hybridized carbons (Fsp3) is 0.375. The lowest BCUT2D eigenvalue weighted by atomic mass is 9.88. The summed E-state index contributed by atoms with van der Waals surface area (Å²) >= 11 is 6.31. The molecule has 1 amide bonds. The number of anilines is 1. The Bertz CT molecular complexity index is 1350. The van der Waals surface area contributed by atoms with Gasteiger partial charge in [0, 0.05) is 18.8 Å². The van der Waals surface area contributed by atoms with Gasteiger partial charge >= 0.3 is 0 Å². The van der Waals surface area contributed by atoms with Crippen LogP contribution in [0.5, 0.6) is 11.5 Å². The third-order valence-corrected chi connectivity index (χ3v) is 6.83. The summed E-state index contributed by atoms with van der Waals surface area (Å²) in [4.78, 5) is 39.9. The molecule has 1 unspecified atom stereocenters. The molecule has 182 valence electrons. The Morgan fingerprint density at radius 3 is 2.77 bits per heavy atom. The number of carbonyl (C=O) groups excluding carboxylic acids is 1. The molecule has 1 atom stereocenters. The van der Waals surface area contributed by atoms with E-state index in [1.54, 1.807) is 16.8 Å². The van der Waals surface area contributed by atoms with Crippen molar-refractivity contribution in [2.75, 3.05) is 18.9 Å². The van der Waals surface area contributed by atoms with Crippen LogP contribution in [0.25, 0.3) is 11.4 Å². The summed E-state index contributed by atoms with van der Waals surface area (Å²) in [5.41, 5.74) is 6.38. The highest BCUT2D eigenvalue weighted by Crippen LogP contribution is 2.44. The number of amides is 1. The third-order valence-electron chi connectivity index (χ3n) is 6.52. The van der Waals surface area contributed by atoms with Crippen molar-refractivity contribution in [2.24, 2.45) is 0 Å².